The molecule has 0 aliphatic carbocycles. The number of nitrogens with two attached hydrogens (primary N) is 1. The van der Waals surface area contributed by atoms with Crippen LogP contribution in [-0.4, -0.2) is 24.2 Å². The molecule has 0 bridgehead atoms. The van der Waals surface area contributed by atoms with Gasteiger partial charge in [-0.2, -0.15) is 11.8 Å². The predicted octanol–water partition coefficient (Wildman–Crippen LogP) is 2.30. The number of hydrogen-bond donors (Lipinski definition) is 2. The summed E-state index contributed by atoms with van der Waals surface area (Å²) in [7, 11) is 0. The van der Waals surface area contributed by atoms with Crippen molar-refractivity contribution in [1.29, 1.82) is 0 Å². The van der Waals surface area contributed by atoms with Crippen LogP contribution in [0.3, 0.4) is 0 Å². The molecule has 0 fully saturated rings. The Bertz CT molecular complexity index is 401. The van der Waals surface area contributed by atoms with E-state index in [0.717, 1.165) is 12.2 Å². The number of rotatable bonds is 8. The largest absolute Gasteiger partial charge is 0.354 e. The molecule has 0 aromatic heterocycles. The van der Waals surface area contributed by atoms with Crippen LogP contribution in [0.1, 0.15) is 25.3 Å². The Balaban J connectivity index is 2.15. The van der Waals surface area contributed by atoms with Gasteiger partial charge in [0.05, 0.1) is 6.04 Å². The Morgan fingerprint density at radius 2 is 2.21 bits per heavy atom. The molecule has 19 heavy (non-hydrogen) atoms. The minimum Gasteiger partial charge on any atom is -0.354 e. The van der Waals surface area contributed by atoms with E-state index in [0.29, 0.717) is 24.3 Å². The van der Waals surface area contributed by atoms with Gasteiger partial charge in [-0.3, -0.25) is 4.79 Å². The van der Waals surface area contributed by atoms with E-state index in [4.69, 9.17) is 5.73 Å². The number of carbonyl (C=O) groups excluding carboxylic acids is 1. The molecular weight excluding hydrogens is 263 g/mol. The standard InChI is InChI=1S/C14H21FN2OS/c1-2-5-13(16)14(18)17-8-9-19-10-11-6-3-4-7-12(11)15/h3-4,6-7,13H,2,5,8-10,16H2,1H3,(H,17,18). The third-order valence-electron chi connectivity index (χ3n) is 2.70. The van der Waals surface area contributed by atoms with E-state index in [9.17, 15) is 9.18 Å². The minimum atomic E-state index is -0.415. The third kappa shape index (κ3) is 6.07. The Hall–Kier alpha value is -1.07. The van der Waals surface area contributed by atoms with Crippen molar-refractivity contribution in [3.05, 3.63) is 35.6 Å². The maximum absolute atomic E-state index is 13.3. The molecule has 1 aromatic rings. The van der Waals surface area contributed by atoms with Crippen LogP contribution in [0.4, 0.5) is 4.39 Å². The van der Waals surface area contributed by atoms with Crippen LogP contribution in [0.2, 0.25) is 0 Å². The molecule has 0 aliphatic rings. The lowest BCUT2D eigenvalue weighted by Gasteiger charge is -2.10. The summed E-state index contributed by atoms with van der Waals surface area (Å²) in [6, 6.07) is 6.32. The number of carbonyl (C=O) groups is 1. The van der Waals surface area contributed by atoms with Crippen LogP contribution in [0, 0.1) is 5.82 Å². The topological polar surface area (TPSA) is 55.1 Å². The summed E-state index contributed by atoms with van der Waals surface area (Å²) in [6.45, 7) is 2.56. The average molecular weight is 284 g/mol. The van der Waals surface area contributed by atoms with Gasteiger partial charge in [-0.1, -0.05) is 31.5 Å². The second-order valence-corrected chi connectivity index (χ2v) is 5.44. The SMILES string of the molecule is CCCC(N)C(=O)NCCSCc1ccccc1F. The zero-order valence-corrected chi connectivity index (χ0v) is 12.0. The lowest BCUT2D eigenvalue weighted by Crippen LogP contribution is -2.41. The van der Waals surface area contributed by atoms with Crippen LogP contribution in [-0.2, 0) is 10.5 Å². The number of amides is 1. The molecule has 0 saturated carbocycles. The summed E-state index contributed by atoms with van der Waals surface area (Å²) in [4.78, 5) is 11.5. The number of halogens is 1. The molecule has 1 unspecified atom stereocenters. The summed E-state index contributed by atoms with van der Waals surface area (Å²) < 4.78 is 13.3. The van der Waals surface area contributed by atoms with E-state index in [1.54, 1.807) is 23.9 Å². The Kier molecular flexibility index (Phi) is 7.52. The second-order valence-electron chi connectivity index (χ2n) is 4.33. The molecule has 0 radical (unpaired) electrons. The Morgan fingerprint density at radius 1 is 1.47 bits per heavy atom. The maximum atomic E-state index is 13.3. The van der Waals surface area contributed by atoms with Gasteiger partial charge < -0.3 is 11.1 Å². The fourth-order valence-corrected chi connectivity index (χ4v) is 2.46. The molecule has 1 aromatic carbocycles. The van der Waals surface area contributed by atoms with Crippen LogP contribution >= 0.6 is 11.8 Å². The van der Waals surface area contributed by atoms with Crippen LogP contribution in [0.5, 0.6) is 0 Å². The molecule has 1 rings (SSSR count). The van der Waals surface area contributed by atoms with Crippen molar-refractivity contribution in [2.45, 2.75) is 31.6 Å². The molecular formula is C14H21FN2OS. The van der Waals surface area contributed by atoms with E-state index in [2.05, 4.69) is 5.32 Å². The fourth-order valence-electron chi connectivity index (χ4n) is 1.62. The fraction of sp³-hybridized carbons (Fsp3) is 0.500. The van der Waals surface area contributed by atoms with Crippen molar-refractivity contribution in [1.82, 2.24) is 5.32 Å². The first kappa shape index (κ1) is 16.0. The summed E-state index contributed by atoms with van der Waals surface area (Å²) in [6.07, 6.45) is 1.60. The Labute approximate surface area is 118 Å². The maximum Gasteiger partial charge on any atom is 0.236 e. The molecule has 5 heteroatoms. The van der Waals surface area contributed by atoms with Crippen molar-refractivity contribution >= 4 is 17.7 Å². The number of benzene rings is 1. The molecule has 1 atom stereocenters. The van der Waals surface area contributed by atoms with Gasteiger partial charge in [0.15, 0.2) is 0 Å². The third-order valence-corrected chi connectivity index (χ3v) is 3.71. The van der Waals surface area contributed by atoms with Gasteiger partial charge in [-0.05, 0) is 18.1 Å². The second kappa shape index (κ2) is 8.93. The zero-order valence-electron chi connectivity index (χ0n) is 11.2. The van der Waals surface area contributed by atoms with Gasteiger partial charge in [0, 0.05) is 18.1 Å². The lowest BCUT2D eigenvalue weighted by molar-refractivity contribution is -0.122. The first-order valence-electron chi connectivity index (χ1n) is 6.49. The molecule has 106 valence electrons. The summed E-state index contributed by atoms with van der Waals surface area (Å²) in [5.74, 6) is 1.08. The highest BCUT2D eigenvalue weighted by atomic mass is 32.2. The van der Waals surface area contributed by atoms with Gasteiger partial charge in [0.2, 0.25) is 5.91 Å². The average Bonchev–Trinajstić information content (AvgIpc) is 2.40. The molecule has 0 saturated heterocycles. The molecule has 3 N–H and O–H groups in total. The molecule has 1 amide bonds. The highest BCUT2D eigenvalue weighted by molar-refractivity contribution is 7.98. The summed E-state index contributed by atoms with van der Waals surface area (Å²) in [5.41, 5.74) is 6.38. The van der Waals surface area contributed by atoms with E-state index in [1.165, 1.54) is 6.07 Å². The van der Waals surface area contributed by atoms with Gasteiger partial charge in [-0.25, -0.2) is 4.39 Å². The quantitative estimate of drug-likeness (QED) is 0.720. The van der Waals surface area contributed by atoms with Crippen LogP contribution < -0.4 is 11.1 Å². The Morgan fingerprint density at radius 3 is 2.89 bits per heavy atom. The molecule has 0 spiro atoms. The summed E-state index contributed by atoms with van der Waals surface area (Å²) >= 11 is 1.59. The minimum absolute atomic E-state index is 0.103. The first-order chi connectivity index (χ1) is 9.15. The normalized spacial score (nSPS) is 12.2. The molecule has 3 nitrogen and oxygen atoms in total. The van der Waals surface area contributed by atoms with E-state index >= 15 is 0 Å². The van der Waals surface area contributed by atoms with Gasteiger partial charge in [0.1, 0.15) is 5.82 Å². The number of hydrogen-bond acceptors (Lipinski definition) is 3. The van der Waals surface area contributed by atoms with Crippen molar-refractivity contribution in [2.24, 2.45) is 5.73 Å². The summed E-state index contributed by atoms with van der Waals surface area (Å²) in [5, 5.41) is 2.79. The van der Waals surface area contributed by atoms with E-state index in [-0.39, 0.29) is 11.7 Å². The highest BCUT2D eigenvalue weighted by Crippen LogP contribution is 2.14. The van der Waals surface area contributed by atoms with Crippen molar-refractivity contribution in [3.63, 3.8) is 0 Å². The smallest absolute Gasteiger partial charge is 0.236 e. The molecule has 0 aliphatic heterocycles. The van der Waals surface area contributed by atoms with E-state index < -0.39 is 6.04 Å². The highest BCUT2D eigenvalue weighted by Gasteiger charge is 2.10. The van der Waals surface area contributed by atoms with Gasteiger partial charge in [-0.15, -0.1) is 0 Å². The van der Waals surface area contributed by atoms with Crippen LogP contribution in [0.15, 0.2) is 24.3 Å². The monoisotopic (exact) mass is 284 g/mol. The van der Waals surface area contributed by atoms with E-state index in [1.807, 2.05) is 13.0 Å². The van der Waals surface area contributed by atoms with Crippen molar-refractivity contribution < 1.29 is 9.18 Å². The number of thioether (sulfide) groups is 1. The first-order valence-corrected chi connectivity index (χ1v) is 7.65. The van der Waals surface area contributed by atoms with Crippen LogP contribution in [0.25, 0.3) is 0 Å². The van der Waals surface area contributed by atoms with Crippen molar-refractivity contribution in [2.75, 3.05) is 12.3 Å². The zero-order chi connectivity index (χ0) is 14.1. The number of nitrogens with one attached hydrogen (secondary N) is 1. The lowest BCUT2D eigenvalue weighted by atomic mass is 10.2. The van der Waals surface area contributed by atoms with Gasteiger partial charge in [0.25, 0.3) is 0 Å². The molecule has 0 heterocycles. The van der Waals surface area contributed by atoms with Crippen molar-refractivity contribution in [3.8, 4) is 0 Å². The van der Waals surface area contributed by atoms with Gasteiger partial charge >= 0.3 is 0 Å². The predicted molar refractivity (Wildman–Crippen MR) is 78.5 cm³/mol.